The van der Waals surface area contributed by atoms with Gasteiger partial charge in [0.1, 0.15) is 5.82 Å². The number of hydrogen-bond donors (Lipinski definition) is 1. The lowest BCUT2D eigenvalue weighted by molar-refractivity contribution is -0.125. The maximum absolute atomic E-state index is 12.8. The minimum Gasteiger partial charge on any atom is -0.359 e. The predicted molar refractivity (Wildman–Crippen MR) is 78.6 cm³/mol. The zero-order chi connectivity index (χ0) is 15.2. The fraction of sp³-hybridized carbons (Fsp3) is 0.500. The molecule has 1 saturated heterocycles. The molecule has 0 aromatic heterocycles. The Balaban J connectivity index is 1.75. The Bertz CT molecular complexity index is 494. The molecular formula is C16H21FN2O2. The van der Waals surface area contributed by atoms with Crippen LogP contribution in [0.2, 0.25) is 0 Å². The number of amides is 1. The molecule has 1 heterocycles. The van der Waals surface area contributed by atoms with Crippen molar-refractivity contribution >= 4 is 11.7 Å². The molecule has 114 valence electrons. The van der Waals surface area contributed by atoms with Gasteiger partial charge in [0.2, 0.25) is 5.91 Å². The van der Waals surface area contributed by atoms with Crippen molar-refractivity contribution in [3.05, 3.63) is 35.6 Å². The van der Waals surface area contributed by atoms with E-state index < -0.39 is 0 Å². The molecule has 0 radical (unpaired) electrons. The van der Waals surface area contributed by atoms with Gasteiger partial charge in [-0.3, -0.25) is 9.59 Å². The fourth-order valence-electron chi connectivity index (χ4n) is 2.66. The number of benzene rings is 1. The quantitative estimate of drug-likeness (QED) is 0.843. The van der Waals surface area contributed by atoms with Gasteiger partial charge >= 0.3 is 0 Å². The van der Waals surface area contributed by atoms with Crippen LogP contribution in [-0.2, 0) is 4.79 Å². The third-order valence-corrected chi connectivity index (χ3v) is 4.03. The number of hydrogen-bond acceptors (Lipinski definition) is 3. The standard InChI is InChI=1S/C16H21FN2O2/c1-18-16(21)13-6-9-19(10-7-13)11-8-15(20)12-2-4-14(17)5-3-12/h2-5,13H,6-11H2,1H3,(H,18,21). The SMILES string of the molecule is CNC(=O)C1CCN(CCC(=O)c2ccc(F)cc2)CC1. The van der Waals surface area contributed by atoms with Crippen molar-refractivity contribution in [3.63, 3.8) is 0 Å². The van der Waals surface area contributed by atoms with Crippen molar-refractivity contribution in [3.8, 4) is 0 Å². The summed E-state index contributed by atoms with van der Waals surface area (Å²) in [5, 5.41) is 2.68. The molecule has 1 aromatic carbocycles. The Labute approximate surface area is 124 Å². The summed E-state index contributed by atoms with van der Waals surface area (Å²) in [7, 11) is 1.66. The number of piperidine rings is 1. The zero-order valence-electron chi connectivity index (χ0n) is 12.3. The summed E-state index contributed by atoms with van der Waals surface area (Å²) in [5.74, 6) is -0.0951. The van der Waals surface area contributed by atoms with Gasteiger partial charge in [0.05, 0.1) is 0 Å². The third kappa shape index (κ3) is 4.36. The molecule has 1 aliphatic rings. The lowest BCUT2D eigenvalue weighted by Crippen LogP contribution is -2.40. The molecule has 2 rings (SSSR count). The van der Waals surface area contributed by atoms with Gasteiger partial charge in [-0.15, -0.1) is 0 Å². The highest BCUT2D eigenvalue weighted by Gasteiger charge is 2.24. The topological polar surface area (TPSA) is 49.4 Å². The number of carbonyl (C=O) groups excluding carboxylic acids is 2. The molecule has 0 unspecified atom stereocenters. The summed E-state index contributed by atoms with van der Waals surface area (Å²) < 4.78 is 12.8. The first-order chi connectivity index (χ1) is 10.1. The lowest BCUT2D eigenvalue weighted by Gasteiger charge is -2.30. The summed E-state index contributed by atoms with van der Waals surface area (Å²) in [6, 6.07) is 5.66. The highest BCUT2D eigenvalue weighted by atomic mass is 19.1. The van der Waals surface area contributed by atoms with Crippen molar-refractivity contribution in [2.75, 3.05) is 26.7 Å². The number of nitrogens with zero attached hydrogens (tertiary/aromatic N) is 1. The monoisotopic (exact) mass is 292 g/mol. The fourth-order valence-corrected chi connectivity index (χ4v) is 2.66. The normalized spacial score (nSPS) is 16.7. The van der Waals surface area contributed by atoms with E-state index in [2.05, 4.69) is 10.2 Å². The Morgan fingerprint density at radius 3 is 2.43 bits per heavy atom. The molecular weight excluding hydrogens is 271 g/mol. The number of likely N-dealkylation sites (tertiary alicyclic amines) is 1. The molecule has 0 saturated carbocycles. The molecule has 1 N–H and O–H groups in total. The van der Waals surface area contributed by atoms with Gasteiger partial charge < -0.3 is 10.2 Å². The van der Waals surface area contributed by atoms with Gasteiger partial charge in [-0.1, -0.05) is 0 Å². The second-order valence-electron chi connectivity index (χ2n) is 5.41. The first-order valence-corrected chi connectivity index (χ1v) is 7.33. The summed E-state index contributed by atoms with van der Waals surface area (Å²) in [5.41, 5.74) is 0.552. The van der Waals surface area contributed by atoms with Crippen molar-refractivity contribution in [1.29, 1.82) is 0 Å². The molecule has 1 amide bonds. The van der Waals surface area contributed by atoms with Crippen molar-refractivity contribution < 1.29 is 14.0 Å². The maximum atomic E-state index is 12.8. The molecule has 0 spiro atoms. The maximum Gasteiger partial charge on any atom is 0.222 e. The molecule has 0 bridgehead atoms. The Hall–Kier alpha value is -1.75. The average molecular weight is 292 g/mol. The summed E-state index contributed by atoms with van der Waals surface area (Å²) >= 11 is 0. The van der Waals surface area contributed by atoms with Gasteiger partial charge in [0.25, 0.3) is 0 Å². The Kier molecular flexibility index (Phi) is 5.44. The second kappa shape index (κ2) is 7.31. The molecule has 4 nitrogen and oxygen atoms in total. The largest absolute Gasteiger partial charge is 0.359 e. The third-order valence-electron chi connectivity index (χ3n) is 4.03. The van der Waals surface area contributed by atoms with E-state index in [9.17, 15) is 14.0 Å². The van der Waals surface area contributed by atoms with Gasteiger partial charge in [-0.2, -0.15) is 0 Å². The van der Waals surface area contributed by atoms with Crippen molar-refractivity contribution in [2.24, 2.45) is 5.92 Å². The van der Waals surface area contributed by atoms with Crippen LogP contribution in [0.3, 0.4) is 0 Å². The predicted octanol–water partition coefficient (Wildman–Crippen LogP) is 1.86. The highest BCUT2D eigenvalue weighted by molar-refractivity contribution is 5.96. The molecule has 5 heteroatoms. The second-order valence-corrected chi connectivity index (χ2v) is 5.41. The number of nitrogens with one attached hydrogen (secondary N) is 1. The van der Waals surface area contributed by atoms with E-state index >= 15 is 0 Å². The summed E-state index contributed by atoms with van der Waals surface area (Å²) in [6.45, 7) is 2.38. The van der Waals surface area contributed by atoms with E-state index in [1.165, 1.54) is 24.3 Å². The van der Waals surface area contributed by atoms with Crippen LogP contribution in [0.1, 0.15) is 29.6 Å². The number of rotatable bonds is 5. The molecule has 0 aliphatic carbocycles. The molecule has 0 atom stereocenters. The van der Waals surface area contributed by atoms with Crippen LogP contribution in [0.5, 0.6) is 0 Å². The first kappa shape index (κ1) is 15.6. The van der Waals surface area contributed by atoms with Crippen LogP contribution in [0.15, 0.2) is 24.3 Å². The smallest absolute Gasteiger partial charge is 0.222 e. The Morgan fingerprint density at radius 2 is 1.86 bits per heavy atom. The number of Topliss-reactive ketones (excluding diaryl/α,β-unsaturated/α-hetero) is 1. The highest BCUT2D eigenvalue weighted by Crippen LogP contribution is 2.17. The minimum atomic E-state index is -0.331. The first-order valence-electron chi connectivity index (χ1n) is 7.33. The zero-order valence-corrected chi connectivity index (χ0v) is 12.3. The van der Waals surface area contributed by atoms with Crippen molar-refractivity contribution in [1.82, 2.24) is 10.2 Å². The van der Waals surface area contributed by atoms with Crippen LogP contribution in [0.25, 0.3) is 0 Å². The number of halogens is 1. The Morgan fingerprint density at radius 1 is 1.24 bits per heavy atom. The average Bonchev–Trinajstić information content (AvgIpc) is 2.53. The van der Waals surface area contributed by atoms with Gasteiger partial charge in [0.15, 0.2) is 5.78 Å². The van der Waals surface area contributed by atoms with Crippen molar-refractivity contribution in [2.45, 2.75) is 19.3 Å². The summed E-state index contributed by atoms with van der Waals surface area (Å²) in [6.07, 6.45) is 2.10. The van der Waals surface area contributed by atoms with Gasteiger partial charge in [-0.05, 0) is 50.2 Å². The molecule has 1 aromatic rings. The number of ketones is 1. The minimum absolute atomic E-state index is 0.0309. The summed E-state index contributed by atoms with van der Waals surface area (Å²) in [4.78, 5) is 25.8. The molecule has 1 fully saturated rings. The lowest BCUT2D eigenvalue weighted by atomic mass is 9.95. The van der Waals surface area contributed by atoms with Crippen LogP contribution >= 0.6 is 0 Å². The number of carbonyl (C=O) groups is 2. The molecule has 1 aliphatic heterocycles. The van der Waals surface area contributed by atoms with Gasteiger partial charge in [0, 0.05) is 31.5 Å². The van der Waals surface area contributed by atoms with E-state index in [4.69, 9.17) is 0 Å². The van der Waals surface area contributed by atoms with E-state index in [-0.39, 0.29) is 23.4 Å². The van der Waals surface area contributed by atoms with E-state index in [1.54, 1.807) is 7.05 Å². The van der Waals surface area contributed by atoms with Gasteiger partial charge in [-0.25, -0.2) is 4.39 Å². The van der Waals surface area contributed by atoms with Crippen LogP contribution < -0.4 is 5.32 Å². The van der Waals surface area contributed by atoms with Crippen LogP contribution in [0.4, 0.5) is 4.39 Å². The van der Waals surface area contributed by atoms with E-state index in [0.717, 1.165) is 25.9 Å². The van der Waals surface area contributed by atoms with Crippen LogP contribution in [-0.4, -0.2) is 43.3 Å². The van der Waals surface area contributed by atoms with E-state index in [0.29, 0.717) is 18.5 Å². The molecule has 21 heavy (non-hydrogen) atoms. The van der Waals surface area contributed by atoms with Crippen LogP contribution in [0, 0.1) is 11.7 Å². The van der Waals surface area contributed by atoms with E-state index in [1.807, 2.05) is 0 Å².